The average Bonchev–Trinajstić information content (AvgIpc) is 3.42. The Kier molecular flexibility index (Phi) is 6.48. The number of benzene rings is 2. The molecule has 6 nitrogen and oxygen atoms in total. The number of urea groups is 1. The van der Waals surface area contributed by atoms with Crippen molar-refractivity contribution in [2.24, 2.45) is 0 Å². The Balaban J connectivity index is 1.46. The van der Waals surface area contributed by atoms with Gasteiger partial charge in [-0.3, -0.25) is 4.79 Å². The third kappa shape index (κ3) is 4.70. The van der Waals surface area contributed by atoms with Gasteiger partial charge in [-0.05, 0) is 42.7 Å². The van der Waals surface area contributed by atoms with E-state index in [0.717, 1.165) is 31.5 Å². The van der Waals surface area contributed by atoms with Gasteiger partial charge in [0, 0.05) is 48.1 Å². The van der Waals surface area contributed by atoms with E-state index in [1.54, 1.807) is 17.0 Å². The Morgan fingerprint density at radius 2 is 1.94 bits per heavy atom. The van der Waals surface area contributed by atoms with E-state index in [4.69, 9.17) is 4.74 Å². The van der Waals surface area contributed by atoms with Gasteiger partial charge in [-0.1, -0.05) is 18.2 Å². The first-order chi connectivity index (χ1) is 15.1. The number of methoxy groups -OCH3 is 1. The van der Waals surface area contributed by atoms with Crippen molar-refractivity contribution in [3.05, 3.63) is 64.3 Å². The monoisotopic (exact) mass is 441 g/mol. The first-order valence-corrected chi connectivity index (χ1v) is 11.0. The van der Waals surface area contributed by atoms with Crippen molar-refractivity contribution < 1.29 is 18.7 Å². The molecule has 31 heavy (non-hydrogen) atoms. The molecule has 1 aliphatic heterocycles. The minimum Gasteiger partial charge on any atom is -0.380 e. The third-order valence-corrected chi connectivity index (χ3v) is 6.48. The van der Waals surface area contributed by atoms with E-state index in [9.17, 15) is 14.0 Å². The zero-order valence-corrected chi connectivity index (χ0v) is 18.1. The molecule has 1 fully saturated rings. The molecule has 0 atom stereocenters. The summed E-state index contributed by atoms with van der Waals surface area (Å²) < 4.78 is 20.3. The number of amides is 3. The summed E-state index contributed by atoms with van der Waals surface area (Å²) in [6, 6.07) is 12.1. The molecule has 1 saturated heterocycles. The highest BCUT2D eigenvalue weighted by atomic mass is 32.1. The molecule has 4 rings (SSSR count). The minimum atomic E-state index is -0.360. The van der Waals surface area contributed by atoms with Crippen LogP contribution in [0.15, 0.2) is 42.5 Å². The van der Waals surface area contributed by atoms with Crippen molar-refractivity contribution in [3.8, 4) is 0 Å². The molecule has 0 spiro atoms. The van der Waals surface area contributed by atoms with Gasteiger partial charge in [-0.15, -0.1) is 11.3 Å². The topological polar surface area (TPSA) is 70.7 Å². The number of fused-ring (bicyclic) bond motifs is 1. The van der Waals surface area contributed by atoms with Crippen LogP contribution in [0.25, 0.3) is 10.1 Å². The molecule has 3 amide bonds. The summed E-state index contributed by atoms with van der Waals surface area (Å²) in [5.41, 5.74) is 2.10. The standard InChI is InChI=1S/C23H24FN3O3S/c1-30-14-17-20-18(24)8-5-9-19(20)31-21(17)22(28)25-13-15-6-4-7-16(12-15)26-23(29)27-10-2-3-11-27/h4-9,12H,2-3,10-11,13-14H2,1H3,(H,25,28)(H,26,29). The zero-order chi connectivity index (χ0) is 21.8. The fraction of sp³-hybridized carbons (Fsp3) is 0.304. The van der Waals surface area contributed by atoms with Crippen LogP contribution in [0, 0.1) is 5.82 Å². The highest BCUT2D eigenvalue weighted by molar-refractivity contribution is 7.21. The van der Waals surface area contributed by atoms with E-state index in [1.165, 1.54) is 24.5 Å². The predicted octanol–water partition coefficient (Wildman–Crippen LogP) is 4.74. The lowest BCUT2D eigenvalue weighted by atomic mass is 10.1. The van der Waals surface area contributed by atoms with E-state index >= 15 is 0 Å². The second-order valence-corrected chi connectivity index (χ2v) is 8.52. The molecule has 2 N–H and O–H groups in total. The number of rotatable bonds is 6. The largest absolute Gasteiger partial charge is 0.380 e. The van der Waals surface area contributed by atoms with Crippen LogP contribution in [-0.2, 0) is 17.9 Å². The number of anilines is 1. The normalized spacial score (nSPS) is 13.5. The number of ether oxygens (including phenoxy) is 1. The molecule has 0 aliphatic carbocycles. The van der Waals surface area contributed by atoms with Crippen LogP contribution in [0.1, 0.15) is 33.6 Å². The predicted molar refractivity (Wildman–Crippen MR) is 120 cm³/mol. The van der Waals surface area contributed by atoms with Gasteiger partial charge < -0.3 is 20.3 Å². The van der Waals surface area contributed by atoms with E-state index in [0.29, 0.717) is 26.2 Å². The molecular weight excluding hydrogens is 417 g/mol. The van der Waals surface area contributed by atoms with E-state index in [2.05, 4.69) is 10.6 Å². The number of halogens is 1. The van der Waals surface area contributed by atoms with Gasteiger partial charge in [-0.25, -0.2) is 9.18 Å². The molecule has 0 saturated carbocycles. The van der Waals surface area contributed by atoms with Gasteiger partial charge >= 0.3 is 6.03 Å². The van der Waals surface area contributed by atoms with Crippen LogP contribution >= 0.6 is 11.3 Å². The van der Waals surface area contributed by atoms with Crippen molar-refractivity contribution in [2.75, 3.05) is 25.5 Å². The second kappa shape index (κ2) is 9.45. The molecule has 8 heteroatoms. The Hall–Kier alpha value is -2.97. The molecule has 0 bridgehead atoms. The molecular formula is C23H24FN3O3S. The number of carbonyl (C=O) groups excluding carboxylic acids is 2. The maximum absolute atomic E-state index is 14.3. The Morgan fingerprint density at radius 1 is 1.16 bits per heavy atom. The molecule has 0 radical (unpaired) electrons. The highest BCUT2D eigenvalue weighted by Crippen LogP contribution is 2.33. The summed E-state index contributed by atoms with van der Waals surface area (Å²) >= 11 is 1.25. The van der Waals surface area contributed by atoms with Crippen molar-refractivity contribution in [1.82, 2.24) is 10.2 Å². The summed E-state index contributed by atoms with van der Waals surface area (Å²) in [6.07, 6.45) is 2.07. The van der Waals surface area contributed by atoms with Crippen LogP contribution in [0.4, 0.5) is 14.9 Å². The molecule has 1 aliphatic rings. The summed E-state index contributed by atoms with van der Waals surface area (Å²) in [7, 11) is 1.52. The van der Waals surface area contributed by atoms with Crippen molar-refractivity contribution >= 4 is 39.0 Å². The lowest BCUT2D eigenvalue weighted by Gasteiger charge is -2.16. The Morgan fingerprint density at radius 3 is 2.71 bits per heavy atom. The number of carbonyl (C=O) groups is 2. The fourth-order valence-electron chi connectivity index (χ4n) is 3.78. The summed E-state index contributed by atoms with van der Waals surface area (Å²) in [5.74, 6) is -0.638. The molecule has 0 unspecified atom stereocenters. The fourth-order valence-corrected chi connectivity index (χ4v) is 4.92. The lowest BCUT2D eigenvalue weighted by molar-refractivity contribution is 0.0950. The van der Waals surface area contributed by atoms with Gasteiger partial charge in [-0.2, -0.15) is 0 Å². The number of nitrogens with zero attached hydrogens (tertiary/aromatic N) is 1. The summed E-state index contributed by atoms with van der Waals surface area (Å²) in [4.78, 5) is 27.4. The second-order valence-electron chi connectivity index (χ2n) is 7.46. The van der Waals surface area contributed by atoms with Crippen molar-refractivity contribution in [1.29, 1.82) is 0 Å². The van der Waals surface area contributed by atoms with Crippen LogP contribution in [0.3, 0.4) is 0 Å². The van der Waals surface area contributed by atoms with Crippen molar-refractivity contribution in [2.45, 2.75) is 26.0 Å². The molecule has 2 aromatic carbocycles. The number of hydrogen-bond acceptors (Lipinski definition) is 4. The number of likely N-dealkylation sites (tertiary alicyclic amines) is 1. The molecule has 2 heterocycles. The van der Waals surface area contributed by atoms with Gasteiger partial charge in [0.2, 0.25) is 0 Å². The quantitative estimate of drug-likeness (QED) is 0.580. The Labute approximate surface area is 184 Å². The third-order valence-electron chi connectivity index (χ3n) is 5.28. The van der Waals surface area contributed by atoms with Crippen LogP contribution in [0.2, 0.25) is 0 Å². The maximum Gasteiger partial charge on any atom is 0.321 e. The number of thiophene rings is 1. The van der Waals surface area contributed by atoms with E-state index in [1.807, 2.05) is 24.3 Å². The Bertz CT molecular complexity index is 1110. The first kappa shape index (κ1) is 21.3. The SMILES string of the molecule is COCc1c(C(=O)NCc2cccc(NC(=O)N3CCCC3)c2)sc2cccc(F)c12. The van der Waals surface area contributed by atoms with Crippen LogP contribution < -0.4 is 10.6 Å². The van der Waals surface area contributed by atoms with Gasteiger partial charge in [0.25, 0.3) is 5.91 Å². The molecule has 162 valence electrons. The highest BCUT2D eigenvalue weighted by Gasteiger charge is 2.21. The van der Waals surface area contributed by atoms with Crippen molar-refractivity contribution in [3.63, 3.8) is 0 Å². The average molecular weight is 442 g/mol. The van der Waals surface area contributed by atoms with Crippen LogP contribution in [-0.4, -0.2) is 37.0 Å². The molecule has 3 aromatic rings. The maximum atomic E-state index is 14.3. The molecule has 1 aromatic heterocycles. The van der Waals surface area contributed by atoms with Gasteiger partial charge in [0.05, 0.1) is 11.5 Å². The van der Waals surface area contributed by atoms with Gasteiger partial charge in [0.15, 0.2) is 0 Å². The summed E-state index contributed by atoms with van der Waals surface area (Å²) in [6.45, 7) is 2.00. The smallest absolute Gasteiger partial charge is 0.321 e. The van der Waals surface area contributed by atoms with E-state index < -0.39 is 0 Å². The minimum absolute atomic E-state index is 0.102. The lowest BCUT2D eigenvalue weighted by Crippen LogP contribution is -2.32. The summed E-state index contributed by atoms with van der Waals surface area (Å²) in [5, 5.41) is 6.25. The number of hydrogen-bond donors (Lipinski definition) is 2. The van der Waals surface area contributed by atoms with Crippen LogP contribution in [0.5, 0.6) is 0 Å². The zero-order valence-electron chi connectivity index (χ0n) is 17.2. The van der Waals surface area contributed by atoms with Gasteiger partial charge in [0.1, 0.15) is 5.82 Å². The number of nitrogens with one attached hydrogen (secondary N) is 2. The first-order valence-electron chi connectivity index (χ1n) is 10.2. The van der Waals surface area contributed by atoms with E-state index in [-0.39, 0.29) is 30.9 Å².